The Bertz CT molecular complexity index is 761. The van der Waals surface area contributed by atoms with Gasteiger partial charge in [-0.2, -0.15) is 4.98 Å². The number of benzene rings is 1. The molecule has 1 N–H and O–H groups in total. The fourth-order valence-electron chi connectivity index (χ4n) is 1.69. The minimum atomic E-state index is -0.0676. The summed E-state index contributed by atoms with van der Waals surface area (Å²) in [5, 5.41) is 17.7. The fourth-order valence-corrected chi connectivity index (χ4v) is 2.35. The first kappa shape index (κ1) is 14.3. The highest BCUT2D eigenvalue weighted by Gasteiger charge is 2.10. The summed E-state index contributed by atoms with van der Waals surface area (Å²) in [6.45, 7) is 0. The first-order valence-corrected chi connectivity index (χ1v) is 7.35. The van der Waals surface area contributed by atoms with Crippen molar-refractivity contribution < 1.29 is 14.3 Å². The molecule has 3 aromatic rings. The smallest absolute Gasteiger partial charge is 0.247 e. The van der Waals surface area contributed by atoms with Crippen molar-refractivity contribution in [1.29, 1.82) is 0 Å². The number of hydrogen-bond acceptors (Lipinski definition) is 8. The quantitative estimate of drug-likeness (QED) is 0.567. The van der Waals surface area contributed by atoms with Crippen molar-refractivity contribution in [2.45, 2.75) is 10.9 Å². The third kappa shape index (κ3) is 3.34. The maximum absolute atomic E-state index is 9.28. The number of ether oxygens (including phenoxy) is 1. The Morgan fingerprint density at radius 2 is 2.00 bits per heavy atom. The highest BCUT2D eigenvalue weighted by Crippen LogP contribution is 2.24. The van der Waals surface area contributed by atoms with Gasteiger partial charge in [-0.25, -0.2) is 4.98 Å². The second-order valence-electron chi connectivity index (χ2n) is 4.22. The molecule has 1 aromatic carbocycles. The molecule has 3 rings (SSSR count). The normalized spacial score (nSPS) is 10.6. The molecule has 22 heavy (non-hydrogen) atoms. The van der Waals surface area contributed by atoms with Crippen molar-refractivity contribution in [3.63, 3.8) is 0 Å². The molecule has 0 aliphatic rings. The molecule has 0 aliphatic heterocycles. The molecule has 0 unspecified atom stereocenters. The molecule has 0 amide bonds. The molecular weight excluding hydrogens is 304 g/mol. The Morgan fingerprint density at radius 3 is 2.73 bits per heavy atom. The van der Waals surface area contributed by atoms with E-state index in [0.29, 0.717) is 22.7 Å². The zero-order valence-corrected chi connectivity index (χ0v) is 12.4. The summed E-state index contributed by atoms with van der Waals surface area (Å²) in [6, 6.07) is 8.77. The third-order valence-electron chi connectivity index (χ3n) is 2.75. The van der Waals surface area contributed by atoms with Crippen molar-refractivity contribution in [1.82, 2.24) is 20.2 Å². The number of aromatic nitrogens is 4. The zero-order valence-electron chi connectivity index (χ0n) is 11.6. The monoisotopic (exact) mass is 316 g/mol. The van der Waals surface area contributed by atoms with Crippen LogP contribution < -0.4 is 4.74 Å². The lowest BCUT2D eigenvalue weighted by Gasteiger charge is -1.99. The largest absolute Gasteiger partial charge is 0.497 e. The molecular formula is C14H12N4O3S. The Morgan fingerprint density at radius 1 is 1.18 bits per heavy atom. The van der Waals surface area contributed by atoms with Crippen LogP contribution in [-0.2, 0) is 5.75 Å². The third-order valence-corrected chi connectivity index (χ3v) is 3.59. The predicted molar refractivity (Wildman–Crippen MR) is 79.5 cm³/mol. The Labute approximate surface area is 130 Å². The number of methoxy groups -OCH3 is 1. The van der Waals surface area contributed by atoms with Crippen LogP contribution >= 0.6 is 11.8 Å². The van der Waals surface area contributed by atoms with E-state index in [9.17, 15) is 5.11 Å². The maximum atomic E-state index is 9.28. The minimum absolute atomic E-state index is 0.0676. The Kier molecular flexibility index (Phi) is 4.19. The van der Waals surface area contributed by atoms with E-state index < -0.39 is 0 Å². The molecule has 0 spiro atoms. The standard InChI is InChI=1S/C14H12N4O3S/c1-20-10-4-2-9(3-5-10)13-18-17-12(21-13)8-22-14-15-7-6-11(19)16-14/h2-7H,8H2,1H3,(H,15,16,19). The SMILES string of the molecule is COc1ccc(-c2nnc(CSc3nccc(O)n3)o2)cc1. The second kappa shape index (κ2) is 6.44. The predicted octanol–water partition coefficient (Wildman–Crippen LogP) is 2.53. The molecule has 0 fully saturated rings. The fraction of sp³-hybridized carbons (Fsp3) is 0.143. The van der Waals surface area contributed by atoms with Crippen molar-refractivity contribution in [3.8, 4) is 23.1 Å². The van der Waals surface area contributed by atoms with Gasteiger partial charge >= 0.3 is 0 Å². The van der Waals surface area contributed by atoms with Crippen LogP contribution in [0.15, 0.2) is 46.1 Å². The highest BCUT2D eigenvalue weighted by molar-refractivity contribution is 7.98. The van der Waals surface area contributed by atoms with Crippen LogP contribution in [0.4, 0.5) is 0 Å². The molecule has 0 aliphatic carbocycles. The van der Waals surface area contributed by atoms with Crippen molar-refractivity contribution in [2.75, 3.05) is 7.11 Å². The molecule has 2 heterocycles. The molecule has 0 radical (unpaired) electrons. The maximum Gasteiger partial charge on any atom is 0.247 e. The van der Waals surface area contributed by atoms with Crippen LogP contribution in [0.1, 0.15) is 5.89 Å². The second-order valence-corrected chi connectivity index (χ2v) is 5.16. The molecule has 112 valence electrons. The van der Waals surface area contributed by atoms with E-state index in [0.717, 1.165) is 11.3 Å². The van der Waals surface area contributed by atoms with Gasteiger partial charge in [0.15, 0.2) is 5.16 Å². The van der Waals surface area contributed by atoms with E-state index in [2.05, 4.69) is 20.2 Å². The molecule has 0 atom stereocenters. The number of nitrogens with zero attached hydrogens (tertiary/aromatic N) is 4. The van der Waals surface area contributed by atoms with Gasteiger partial charge in [0.05, 0.1) is 12.9 Å². The van der Waals surface area contributed by atoms with Gasteiger partial charge in [-0.15, -0.1) is 10.2 Å². The average Bonchev–Trinajstić information content (AvgIpc) is 3.02. The Hall–Kier alpha value is -2.61. The summed E-state index contributed by atoms with van der Waals surface area (Å²) in [4.78, 5) is 7.90. The summed E-state index contributed by atoms with van der Waals surface area (Å²) < 4.78 is 10.7. The minimum Gasteiger partial charge on any atom is -0.497 e. The van der Waals surface area contributed by atoms with E-state index in [4.69, 9.17) is 9.15 Å². The molecule has 8 heteroatoms. The van der Waals surface area contributed by atoms with E-state index >= 15 is 0 Å². The van der Waals surface area contributed by atoms with Crippen LogP contribution in [-0.4, -0.2) is 32.4 Å². The first-order valence-electron chi connectivity index (χ1n) is 6.36. The lowest BCUT2D eigenvalue weighted by atomic mass is 10.2. The lowest BCUT2D eigenvalue weighted by molar-refractivity contribution is 0.415. The summed E-state index contributed by atoms with van der Waals surface area (Å²) in [6.07, 6.45) is 1.49. The van der Waals surface area contributed by atoms with Gasteiger partial charge in [-0.3, -0.25) is 0 Å². The van der Waals surface area contributed by atoms with Crippen LogP contribution in [0.2, 0.25) is 0 Å². The molecule has 0 saturated heterocycles. The van der Waals surface area contributed by atoms with E-state index in [-0.39, 0.29) is 5.88 Å². The molecule has 0 saturated carbocycles. The molecule has 2 aromatic heterocycles. The van der Waals surface area contributed by atoms with Crippen LogP contribution in [0.25, 0.3) is 11.5 Å². The number of rotatable bonds is 5. The van der Waals surface area contributed by atoms with Crippen molar-refractivity contribution >= 4 is 11.8 Å². The van der Waals surface area contributed by atoms with Crippen LogP contribution in [0.5, 0.6) is 11.6 Å². The van der Waals surface area contributed by atoms with Gasteiger partial charge < -0.3 is 14.3 Å². The summed E-state index contributed by atoms with van der Waals surface area (Å²) >= 11 is 1.30. The average molecular weight is 316 g/mol. The molecule has 7 nitrogen and oxygen atoms in total. The summed E-state index contributed by atoms with van der Waals surface area (Å²) in [7, 11) is 1.61. The summed E-state index contributed by atoms with van der Waals surface area (Å²) in [5.41, 5.74) is 0.818. The van der Waals surface area contributed by atoms with Crippen molar-refractivity contribution in [3.05, 3.63) is 42.4 Å². The van der Waals surface area contributed by atoms with Gasteiger partial charge in [-0.1, -0.05) is 11.8 Å². The van der Waals surface area contributed by atoms with Crippen LogP contribution in [0.3, 0.4) is 0 Å². The molecule has 0 bridgehead atoms. The zero-order chi connectivity index (χ0) is 15.4. The lowest BCUT2D eigenvalue weighted by Crippen LogP contribution is -1.87. The topological polar surface area (TPSA) is 94.2 Å². The van der Waals surface area contributed by atoms with Gasteiger partial charge in [0, 0.05) is 17.8 Å². The van der Waals surface area contributed by atoms with Gasteiger partial charge in [-0.05, 0) is 24.3 Å². The van der Waals surface area contributed by atoms with Gasteiger partial charge in [0.1, 0.15) is 5.75 Å². The van der Waals surface area contributed by atoms with Gasteiger partial charge in [0.2, 0.25) is 17.7 Å². The van der Waals surface area contributed by atoms with Crippen molar-refractivity contribution in [2.24, 2.45) is 0 Å². The Balaban J connectivity index is 1.68. The number of aromatic hydroxyl groups is 1. The van der Waals surface area contributed by atoms with E-state index in [1.807, 2.05) is 24.3 Å². The number of thioether (sulfide) groups is 1. The van der Waals surface area contributed by atoms with Gasteiger partial charge in [0.25, 0.3) is 0 Å². The van der Waals surface area contributed by atoms with E-state index in [1.165, 1.54) is 24.0 Å². The first-order chi connectivity index (χ1) is 10.7. The number of hydrogen-bond donors (Lipinski definition) is 1. The van der Waals surface area contributed by atoms with Crippen LogP contribution in [0, 0.1) is 0 Å². The summed E-state index contributed by atoms with van der Waals surface area (Å²) in [5.74, 6) is 2.02. The highest BCUT2D eigenvalue weighted by atomic mass is 32.2. The van der Waals surface area contributed by atoms with E-state index in [1.54, 1.807) is 7.11 Å².